The van der Waals surface area contributed by atoms with Crippen molar-refractivity contribution in [1.29, 1.82) is 0 Å². The number of carbonyl (C=O) groups is 2. The molecule has 0 aliphatic rings. The molecule has 0 aliphatic carbocycles. The summed E-state index contributed by atoms with van der Waals surface area (Å²) >= 11 is 0. The summed E-state index contributed by atoms with van der Waals surface area (Å²) in [6.07, 6.45) is 0.594. The molecule has 0 aliphatic heterocycles. The Balaban J connectivity index is 3.46. The van der Waals surface area contributed by atoms with E-state index < -0.39 is 29.6 Å². The normalized spacial score (nSPS) is 14.0. The summed E-state index contributed by atoms with van der Waals surface area (Å²) in [5.74, 6) is -4.63. The van der Waals surface area contributed by atoms with Crippen molar-refractivity contribution in [1.82, 2.24) is 0 Å². The fourth-order valence-corrected chi connectivity index (χ4v) is 2.87. The molecule has 0 fully saturated rings. The molecule has 2 N–H and O–H groups in total. The molecule has 128 valence electrons. The molecule has 0 heterocycles. The van der Waals surface area contributed by atoms with E-state index >= 15 is 0 Å². The first-order valence-electron chi connectivity index (χ1n) is 7.89. The maximum absolute atomic E-state index is 14.4. The van der Waals surface area contributed by atoms with E-state index in [0.717, 1.165) is 0 Å². The Bertz CT molecular complexity index is 566. The lowest BCUT2D eigenvalue weighted by molar-refractivity contribution is -0.141. The van der Waals surface area contributed by atoms with Crippen LogP contribution in [0.5, 0.6) is 0 Å². The van der Waals surface area contributed by atoms with Gasteiger partial charge in [-0.2, -0.15) is 0 Å². The number of carboxylic acids is 2. The van der Waals surface area contributed by atoms with Gasteiger partial charge in [0.2, 0.25) is 0 Å². The van der Waals surface area contributed by atoms with E-state index in [1.807, 2.05) is 27.7 Å². The molecule has 2 unspecified atom stereocenters. The Labute approximate surface area is 136 Å². The highest BCUT2D eigenvalue weighted by molar-refractivity contribution is 5.80. The SMILES string of the molecule is CC(C)CC(C(=O)O)c1cccc(F)c1C(CC(C)C)C(=O)O. The van der Waals surface area contributed by atoms with Crippen molar-refractivity contribution in [3.8, 4) is 0 Å². The Hall–Kier alpha value is -1.91. The first kappa shape index (κ1) is 19.1. The van der Waals surface area contributed by atoms with E-state index in [1.54, 1.807) is 0 Å². The quantitative estimate of drug-likeness (QED) is 0.749. The minimum absolute atomic E-state index is 0.0155. The van der Waals surface area contributed by atoms with E-state index in [9.17, 15) is 24.2 Å². The highest BCUT2D eigenvalue weighted by Crippen LogP contribution is 2.35. The number of rotatable bonds is 8. The van der Waals surface area contributed by atoms with Gasteiger partial charge in [0.1, 0.15) is 5.82 Å². The summed E-state index contributed by atoms with van der Waals surface area (Å²) in [7, 11) is 0. The average molecular weight is 324 g/mol. The second-order valence-corrected chi connectivity index (χ2v) is 6.78. The third-order valence-corrected chi connectivity index (χ3v) is 3.82. The largest absolute Gasteiger partial charge is 0.481 e. The number of carboxylic acid groups (broad SMARTS) is 2. The first-order chi connectivity index (χ1) is 10.6. The predicted octanol–water partition coefficient (Wildman–Crippen LogP) is 4.25. The lowest BCUT2D eigenvalue weighted by Gasteiger charge is -2.23. The van der Waals surface area contributed by atoms with E-state index in [0.29, 0.717) is 6.42 Å². The highest BCUT2D eigenvalue weighted by atomic mass is 19.1. The molecule has 2 atom stereocenters. The molecule has 1 aromatic rings. The van der Waals surface area contributed by atoms with Gasteiger partial charge in [-0.25, -0.2) is 4.39 Å². The molecule has 0 aromatic heterocycles. The van der Waals surface area contributed by atoms with Crippen LogP contribution in [0.25, 0.3) is 0 Å². The summed E-state index contributed by atoms with van der Waals surface area (Å²) in [6.45, 7) is 7.49. The van der Waals surface area contributed by atoms with Crippen molar-refractivity contribution in [3.63, 3.8) is 0 Å². The lowest BCUT2D eigenvalue weighted by atomic mass is 9.80. The third-order valence-electron chi connectivity index (χ3n) is 3.82. The van der Waals surface area contributed by atoms with Crippen LogP contribution in [0.15, 0.2) is 18.2 Å². The van der Waals surface area contributed by atoms with E-state index in [4.69, 9.17) is 0 Å². The lowest BCUT2D eigenvalue weighted by Crippen LogP contribution is -2.22. The van der Waals surface area contributed by atoms with Crippen molar-refractivity contribution in [2.24, 2.45) is 11.8 Å². The summed E-state index contributed by atoms with van der Waals surface area (Å²) in [5, 5.41) is 19.0. The standard InChI is InChI=1S/C18H25FO4/c1-10(2)8-13(17(20)21)12-6-5-7-15(19)16(12)14(18(22)23)9-11(3)4/h5-7,10-11,13-14H,8-9H2,1-4H3,(H,20,21)(H,22,23). The Morgan fingerprint density at radius 2 is 1.43 bits per heavy atom. The van der Waals surface area contributed by atoms with Crippen molar-refractivity contribution >= 4 is 11.9 Å². The third kappa shape index (κ3) is 5.05. The van der Waals surface area contributed by atoms with Gasteiger partial charge in [0.05, 0.1) is 11.8 Å². The number of hydrogen-bond acceptors (Lipinski definition) is 2. The van der Waals surface area contributed by atoms with Crippen molar-refractivity contribution in [2.45, 2.75) is 52.4 Å². The van der Waals surface area contributed by atoms with Crippen LogP contribution in [0.1, 0.15) is 63.5 Å². The fourth-order valence-electron chi connectivity index (χ4n) is 2.87. The smallest absolute Gasteiger partial charge is 0.311 e. The molecular formula is C18H25FO4. The van der Waals surface area contributed by atoms with Crippen LogP contribution in [-0.4, -0.2) is 22.2 Å². The topological polar surface area (TPSA) is 74.6 Å². The highest BCUT2D eigenvalue weighted by Gasteiger charge is 2.32. The molecule has 0 saturated carbocycles. The van der Waals surface area contributed by atoms with Gasteiger partial charge in [-0.3, -0.25) is 9.59 Å². The minimum atomic E-state index is -1.13. The molecule has 23 heavy (non-hydrogen) atoms. The van der Waals surface area contributed by atoms with Crippen molar-refractivity contribution in [2.75, 3.05) is 0 Å². The van der Waals surface area contributed by atoms with Gasteiger partial charge in [-0.1, -0.05) is 39.8 Å². The molecular weight excluding hydrogens is 299 g/mol. The molecule has 0 bridgehead atoms. The summed E-state index contributed by atoms with van der Waals surface area (Å²) in [4.78, 5) is 23.3. The summed E-state index contributed by atoms with van der Waals surface area (Å²) in [6, 6.07) is 4.18. The molecule has 0 spiro atoms. The van der Waals surface area contributed by atoms with Crippen LogP contribution in [0.4, 0.5) is 4.39 Å². The first-order valence-corrected chi connectivity index (χ1v) is 7.89. The molecule has 1 rings (SSSR count). The van der Waals surface area contributed by atoms with Gasteiger partial charge in [0, 0.05) is 5.56 Å². The van der Waals surface area contributed by atoms with Gasteiger partial charge in [-0.05, 0) is 36.3 Å². The van der Waals surface area contributed by atoms with Crippen LogP contribution in [0, 0.1) is 17.7 Å². The van der Waals surface area contributed by atoms with Gasteiger partial charge >= 0.3 is 11.9 Å². The van der Waals surface area contributed by atoms with Crippen molar-refractivity contribution < 1.29 is 24.2 Å². The zero-order chi connectivity index (χ0) is 17.7. The maximum Gasteiger partial charge on any atom is 0.311 e. The molecule has 0 saturated heterocycles. The minimum Gasteiger partial charge on any atom is -0.481 e. The zero-order valence-corrected chi connectivity index (χ0v) is 14.0. The molecule has 1 aromatic carbocycles. The molecule has 5 heteroatoms. The van der Waals surface area contributed by atoms with Crippen LogP contribution in [0.3, 0.4) is 0 Å². The van der Waals surface area contributed by atoms with Crippen LogP contribution >= 0.6 is 0 Å². The van der Waals surface area contributed by atoms with Crippen LogP contribution in [0.2, 0.25) is 0 Å². The van der Waals surface area contributed by atoms with E-state index in [2.05, 4.69) is 0 Å². The fraction of sp³-hybridized carbons (Fsp3) is 0.556. The summed E-state index contributed by atoms with van der Waals surface area (Å²) < 4.78 is 14.4. The van der Waals surface area contributed by atoms with Gasteiger partial charge in [-0.15, -0.1) is 0 Å². The number of halogens is 1. The zero-order valence-electron chi connectivity index (χ0n) is 14.0. The Morgan fingerprint density at radius 1 is 0.957 bits per heavy atom. The predicted molar refractivity (Wildman–Crippen MR) is 86.1 cm³/mol. The van der Waals surface area contributed by atoms with Gasteiger partial charge in [0.25, 0.3) is 0 Å². The van der Waals surface area contributed by atoms with Crippen LogP contribution < -0.4 is 0 Å². The van der Waals surface area contributed by atoms with E-state index in [1.165, 1.54) is 18.2 Å². The van der Waals surface area contributed by atoms with Crippen LogP contribution in [-0.2, 0) is 9.59 Å². The average Bonchev–Trinajstić information content (AvgIpc) is 2.41. The molecule has 0 amide bonds. The Morgan fingerprint density at radius 3 is 1.87 bits per heavy atom. The van der Waals surface area contributed by atoms with Gasteiger partial charge < -0.3 is 10.2 Å². The monoisotopic (exact) mass is 324 g/mol. The molecule has 4 nitrogen and oxygen atoms in total. The second-order valence-electron chi connectivity index (χ2n) is 6.78. The number of aliphatic carboxylic acids is 2. The molecule has 0 radical (unpaired) electrons. The number of hydrogen-bond donors (Lipinski definition) is 2. The summed E-state index contributed by atoms with van der Waals surface area (Å²) in [5.41, 5.74) is 0.293. The van der Waals surface area contributed by atoms with E-state index in [-0.39, 0.29) is 29.4 Å². The van der Waals surface area contributed by atoms with Gasteiger partial charge in [0.15, 0.2) is 0 Å². The van der Waals surface area contributed by atoms with Crippen molar-refractivity contribution in [3.05, 3.63) is 35.1 Å². The second kappa shape index (κ2) is 8.09. The number of benzene rings is 1. The Kier molecular flexibility index (Phi) is 6.73. The maximum atomic E-state index is 14.4.